The zero-order valence-electron chi connectivity index (χ0n) is 10.7. The van der Waals surface area contributed by atoms with E-state index in [1.807, 2.05) is 10.7 Å². The molecular formula is C13H17N5S. The fourth-order valence-corrected chi connectivity index (χ4v) is 2.68. The molecule has 0 unspecified atom stereocenters. The van der Waals surface area contributed by atoms with Crippen molar-refractivity contribution in [3.05, 3.63) is 35.9 Å². The molecule has 1 aliphatic carbocycles. The van der Waals surface area contributed by atoms with Gasteiger partial charge in [0.2, 0.25) is 5.16 Å². The van der Waals surface area contributed by atoms with Crippen molar-refractivity contribution in [3.8, 4) is 0 Å². The highest BCUT2D eigenvalue weighted by molar-refractivity contribution is 7.98. The summed E-state index contributed by atoms with van der Waals surface area (Å²) >= 11 is 1.68. The molecule has 0 radical (unpaired) electrons. The second kappa shape index (κ2) is 6.16. The van der Waals surface area contributed by atoms with E-state index in [0.29, 0.717) is 0 Å². The Balaban J connectivity index is 1.51. The van der Waals surface area contributed by atoms with Crippen molar-refractivity contribution in [2.45, 2.75) is 36.3 Å². The van der Waals surface area contributed by atoms with E-state index in [1.54, 1.807) is 11.8 Å². The van der Waals surface area contributed by atoms with E-state index in [4.69, 9.17) is 0 Å². The van der Waals surface area contributed by atoms with Crippen molar-refractivity contribution in [1.82, 2.24) is 25.5 Å². The van der Waals surface area contributed by atoms with Crippen molar-refractivity contribution < 1.29 is 0 Å². The summed E-state index contributed by atoms with van der Waals surface area (Å²) in [6, 6.07) is 11.1. The highest BCUT2D eigenvalue weighted by atomic mass is 32.2. The molecule has 1 aliphatic rings. The van der Waals surface area contributed by atoms with Crippen LogP contribution in [-0.4, -0.2) is 32.8 Å². The summed E-state index contributed by atoms with van der Waals surface area (Å²) in [6.07, 6.45) is 2.62. The average Bonchev–Trinajstić information content (AvgIpc) is 3.16. The van der Waals surface area contributed by atoms with Crippen LogP contribution in [0.5, 0.6) is 0 Å². The summed E-state index contributed by atoms with van der Waals surface area (Å²) in [5.74, 6) is 0.900. The van der Waals surface area contributed by atoms with Gasteiger partial charge >= 0.3 is 0 Å². The van der Waals surface area contributed by atoms with Crippen LogP contribution in [0.4, 0.5) is 0 Å². The third-order valence-electron chi connectivity index (χ3n) is 3.04. The maximum atomic E-state index is 4.08. The number of hydrogen-bond acceptors (Lipinski definition) is 5. The number of nitrogens with zero attached hydrogens (tertiary/aromatic N) is 4. The zero-order chi connectivity index (χ0) is 12.9. The summed E-state index contributed by atoms with van der Waals surface area (Å²) in [6.45, 7) is 1.77. The van der Waals surface area contributed by atoms with Crippen molar-refractivity contribution in [1.29, 1.82) is 0 Å². The summed E-state index contributed by atoms with van der Waals surface area (Å²) in [5, 5.41) is 16.2. The maximum absolute atomic E-state index is 4.08. The molecule has 1 N–H and O–H groups in total. The Labute approximate surface area is 116 Å². The van der Waals surface area contributed by atoms with Gasteiger partial charge in [-0.3, -0.25) is 0 Å². The smallest absolute Gasteiger partial charge is 0.209 e. The molecule has 5 nitrogen and oxygen atoms in total. The van der Waals surface area contributed by atoms with E-state index in [0.717, 1.165) is 30.0 Å². The van der Waals surface area contributed by atoms with Gasteiger partial charge in [-0.2, -0.15) is 0 Å². The van der Waals surface area contributed by atoms with Crippen LogP contribution >= 0.6 is 11.8 Å². The molecule has 2 aromatic rings. The Hall–Kier alpha value is -1.40. The molecule has 0 atom stereocenters. The summed E-state index contributed by atoms with van der Waals surface area (Å²) in [5.41, 5.74) is 1.29. The van der Waals surface area contributed by atoms with Crippen LogP contribution in [0.3, 0.4) is 0 Å². The fraction of sp³-hybridized carbons (Fsp3) is 0.462. The van der Waals surface area contributed by atoms with Crippen LogP contribution in [0.15, 0.2) is 35.5 Å². The number of tetrazole rings is 1. The van der Waals surface area contributed by atoms with Crippen molar-refractivity contribution in [2.24, 2.45) is 0 Å². The van der Waals surface area contributed by atoms with Crippen molar-refractivity contribution in [3.63, 3.8) is 0 Å². The van der Waals surface area contributed by atoms with Gasteiger partial charge in [-0.05, 0) is 28.8 Å². The summed E-state index contributed by atoms with van der Waals surface area (Å²) < 4.78 is 1.88. The number of rotatable bonds is 7. The highest BCUT2D eigenvalue weighted by Crippen LogP contribution is 2.20. The fourth-order valence-electron chi connectivity index (χ4n) is 1.82. The molecule has 1 saturated carbocycles. The number of thioether (sulfide) groups is 1. The second-order valence-electron chi connectivity index (χ2n) is 4.69. The predicted octanol–water partition coefficient (Wildman–Crippen LogP) is 1.72. The quantitative estimate of drug-likeness (QED) is 0.780. The van der Waals surface area contributed by atoms with E-state index in [9.17, 15) is 0 Å². The lowest BCUT2D eigenvalue weighted by atomic mass is 10.2. The van der Waals surface area contributed by atoms with E-state index >= 15 is 0 Å². The lowest BCUT2D eigenvalue weighted by Gasteiger charge is -2.05. The van der Waals surface area contributed by atoms with E-state index in [2.05, 4.69) is 45.1 Å². The first-order chi connectivity index (χ1) is 9.42. The summed E-state index contributed by atoms with van der Waals surface area (Å²) in [4.78, 5) is 0. The molecule has 1 aromatic carbocycles. The minimum atomic E-state index is 0.733. The third kappa shape index (κ3) is 3.78. The van der Waals surface area contributed by atoms with E-state index in [-0.39, 0.29) is 0 Å². The van der Waals surface area contributed by atoms with Gasteiger partial charge in [-0.1, -0.05) is 42.1 Å². The van der Waals surface area contributed by atoms with Crippen molar-refractivity contribution in [2.75, 3.05) is 6.54 Å². The lowest BCUT2D eigenvalue weighted by Crippen LogP contribution is -2.22. The number of hydrogen-bond donors (Lipinski definition) is 1. The maximum Gasteiger partial charge on any atom is 0.209 e. The molecule has 1 fully saturated rings. The Bertz CT molecular complexity index is 509. The number of nitrogens with one attached hydrogen (secondary N) is 1. The molecule has 0 spiro atoms. The molecule has 19 heavy (non-hydrogen) atoms. The molecule has 0 bridgehead atoms. The van der Waals surface area contributed by atoms with Gasteiger partial charge in [0.1, 0.15) is 0 Å². The molecule has 6 heteroatoms. The Morgan fingerprint density at radius 3 is 2.89 bits per heavy atom. The van der Waals surface area contributed by atoms with Gasteiger partial charge in [0.15, 0.2) is 0 Å². The largest absolute Gasteiger partial charge is 0.312 e. The topological polar surface area (TPSA) is 55.6 Å². The van der Waals surface area contributed by atoms with Crippen LogP contribution < -0.4 is 5.32 Å². The van der Waals surface area contributed by atoms with Crippen LogP contribution in [0.25, 0.3) is 0 Å². The van der Waals surface area contributed by atoms with E-state index < -0.39 is 0 Å². The van der Waals surface area contributed by atoms with Gasteiger partial charge < -0.3 is 5.32 Å². The molecular weight excluding hydrogens is 258 g/mol. The minimum Gasteiger partial charge on any atom is -0.312 e. The number of benzene rings is 1. The first kappa shape index (κ1) is 12.6. The minimum absolute atomic E-state index is 0.733. The van der Waals surface area contributed by atoms with Crippen LogP contribution in [0, 0.1) is 0 Å². The summed E-state index contributed by atoms with van der Waals surface area (Å²) in [7, 11) is 0. The van der Waals surface area contributed by atoms with Gasteiger partial charge in [0.05, 0.1) is 6.54 Å². The monoisotopic (exact) mass is 275 g/mol. The average molecular weight is 275 g/mol. The zero-order valence-corrected chi connectivity index (χ0v) is 11.5. The molecule has 0 amide bonds. The normalized spacial score (nSPS) is 14.7. The molecule has 1 aromatic heterocycles. The van der Waals surface area contributed by atoms with Gasteiger partial charge in [0, 0.05) is 18.3 Å². The lowest BCUT2D eigenvalue weighted by molar-refractivity contribution is 0.509. The van der Waals surface area contributed by atoms with Crippen LogP contribution in [-0.2, 0) is 12.3 Å². The van der Waals surface area contributed by atoms with Gasteiger partial charge in [-0.25, -0.2) is 4.68 Å². The van der Waals surface area contributed by atoms with Gasteiger partial charge in [-0.15, -0.1) is 5.10 Å². The standard InChI is InChI=1S/C13H17N5S/c1-2-4-11(5-3-1)10-19-13-15-16-17-18(13)9-8-14-12-6-7-12/h1-5,12,14H,6-10H2. The predicted molar refractivity (Wildman–Crippen MR) is 74.8 cm³/mol. The second-order valence-corrected chi connectivity index (χ2v) is 5.63. The van der Waals surface area contributed by atoms with E-state index in [1.165, 1.54) is 18.4 Å². The van der Waals surface area contributed by atoms with Gasteiger partial charge in [0.25, 0.3) is 0 Å². The first-order valence-corrected chi connectivity index (χ1v) is 7.56. The molecule has 0 saturated heterocycles. The molecule has 100 valence electrons. The van der Waals surface area contributed by atoms with Crippen molar-refractivity contribution >= 4 is 11.8 Å². The molecule has 0 aliphatic heterocycles. The Kier molecular flexibility index (Phi) is 4.10. The Morgan fingerprint density at radius 2 is 2.11 bits per heavy atom. The molecule has 3 rings (SSSR count). The third-order valence-corrected chi connectivity index (χ3v) is 4.07. The molecule has 1 heterocycles. The number of aromatic nitrogens is 4. The highest BCUT2D eigenvalue weighted by Gasteiger charge is 2.20. The SMILES string of the molecule is c1ccc(CSc2nnnn2CCNC2CC2)cc1. The Morgan fingerprint density at radius 1 is 1.26 bits per heavy atom. The first-order valence-electron chi connectivity index (χ1n) is 6.58. The van der Waals surface area contributed by atoms with Crippen LogP contribution in [0.2, 0.25) is 0 Å². The van der Waals surface area contributed by atoms with Crippen LogP contribution in [0.1, 0.15) is 18.4 Å².